The predicted octanol–water partition coefficient (Wildman–Crippen LogP) is 4.23. The van der Waals surface area contributed by atoms with Crippen molar-refractivity contribution in [3.63, 3.8) is 0 Å². The smallest absolute Gasteiger partial charge is 0.0346 e. The monoisotopic (exact) mass is 267 g/mol. The lowest BCUT2D eigenvalue weighted by Gasteiger charge is -2.13. The average Bonchev–Trinajstić information content (AvgIpc) is 2.90. The van der Waals surface area contributed by atoms with Crippen molar-refractivity contribution < 1.29 is 0 Å². The van der Waals surface area contributed by atoms with E-state index in [1.54, 1.807) is 0 Å². The number of benzene rings is 1. The third kappa shape index (κ3) is 2.65. The summed E-state index contributed by atoms with van der Waals surface area (Å²) in [4.78, 5) is 2.57. The second-order valence-electron chi connectivity index (χ2n) is 4.74. The molecule has 0 aliphatic carbocycles. The van der Waals surface area contributed by atoms with Gasteiger partial charge in [0.15, 0.2) is 0 Å². The van der Waals surface area contributed by atoms with E-state index >= 15 is 0 Å². The van der Waals surface area contributed by atoms with Gasteiger partial charge in [-0.25, -0.2) is 0 Å². The summed E-state index contributed by atoms with van der Waals surface area (Å²) in [6.45, 7) is 5.88. The Morgan fingerprint density at radius 1 is 1.24 bits per heavy atom. The molecule has 1 aliphatic rings. The Balaban J connectivity index is 0.00000108. The van der Waals surface area contributed by atoms with Crippen molar-refractivity contribution in [3.05, 3.63) is 34.7 Å². The molecule has 0 unspecified atom stereocenters. The van der Waals surface area contributed by atoms with Gasteiger partial charge in [0.2, 0.25) is 0 Å². The quantitative estimate of drug-likeness (QED) is 0.787. The summed E-state index contributed by atoms with van der Waals surface area (Å²) in [6.07, 6.45) is 2.75. The summed E-state index contributed by atoms with van der Waals surface area (Å²) in [5, 5.41) is 3.81. The van der Waals surface area contributed by atoms with Crippen LogP contribution >= 0.6 is 23.7 Å². The number of nitrogens with zero attached hydrogens (tertiary/aromatic N) is 1. The molecule has 92 valence electrons. The second kappa shape index (κ2) is 5.38. The molecule has 1 aromatic carbocycles. The van der Waals surface area contributed by atoms with E-state index in [9.17, 15) is 0 Å². The number of aryl methyl sites for hydroxylation is 1. The largest absolute Gasteiger partial charge is 0.299 e. The normalized spacial score (nSPS) is 16.3. The number of rotatable bonds is 2. The molecule has 17 heavy (non-hydrogen) atoms. The predicted molar refractivity (Wildman–Crippen MR) is 78.3 cm³/mol. The molecular weight excluding hydrogens is 250 g/mol. The van der Waals surface area contributed by atoms with E-state index in [-0.39, 0.29) is 12.4 Å². The minimum Gasteiger partial charge on any atom is -0.299 e. The van der Waals surface area contributed by atoms with Crippen LogP contribution in [0.15, 0.2) is 23.6 Å². The van der Waals surface area contributed by atoms with Gasteiger partial charge in [0.1, 0.15) is 0 Å². The summed E-state index contributed by atoms with van der Waals surface area (Å²) in [6, 6.07) is 6.79. The number of hydrogen-bond acceptors (Lipinski definition) is 2. The molecule has 1 aromatic heterocycles. The van der Waals surface area contributed by atoms with Gasteiger partial charge < -0.3 is 0 Å². The van der Waals surface area contributed by atoms with Gasteiger partial charge in [-0.1, -0.05) is 17.7 Å². The molecular formula is C14H18ClNS. The van der Waals surface area contributed by atoms with Crippen molar-refractivity contribution >= 4 is 33.8 Å². The SMILES string of the molecule is Cc1ccc2scc(CN3CCCC3)c2c1.Cl. The summed E-state index contributed by atoms with van der Waals surface area (Å²) >= 11 is 1.88. The number of thiophene rings is 1. The molecule has 3 heteroatoms. The van der Waals surface area contributed by atoms with Gasteiger partial charge in [0.25, 0.3) is 0 Å². The second-order valence-corrected chi connectivity index (χ2v) is 5.66. The fraction of sp³-hybridized carbons (Fsp3) is 0.429. The molecule has 1 fully saturated rings. The molecule has 1 aliphatic heterocycles. The average molecular weight is 268 g/mol. The molecule has 0 spiro atoms. The maximum absolute atomic E-state index is 2.57. The zero-order valence-electron chi connectivity index (χ0n) is 10.1. The van der Waals surface area contributed by atoms with Gasteiger partial charge in [0, 0.05) is 11.2 Å². The van der Waals surface area contributed by atoms with Crippen LogP contribution in [0.5, 0.6) is 0 Å². The highest BCUT2D eigenvalue weighted by molar-refractivity contribution is 7.17. The van der Waals surface area contributed by atoms with E-state index in [0.717, 1.165) is 6.54 Å². The molecule has 0 radical (unpaired) electrons. The van der Waals surface area contributed by atoms with Gasteiger partial charge >= 0.3 is 0 Å². The maximum atomic E-state index is 2.57. The Morgan fingerprint density at radius 2 is 2.00 bits per heavy atom. The van der Waals surface area contributed by atoms with Gasteiger partial charge in [-0.15, -0.1) is 23.7 Å². The summed E-state index contributed by atoms with van der Waals surface area (Å²) in [7, 11) is 0. The van der Waals surface area contributed by atoms with Crippen LogP contribution in [0.4, 0.5) is 0 Å². The molecule has 0 N–H and O–H groups in total. The van der Waals surface area contributed by atoms with Crippen molar-refractivity contribution in [2.75, 3.05) is 13.1 Å². The molecule has 1 saturated heterocycles. The summed E-state index contributed by atoms with van der Waals surface area (Å²) in [5.74, 6) is 0. The highest BCUT2D eigenvalue weighted by Gasteiger charge is 2.13. The maximum Gasteiger partial charge on any atom is 0.0346 e. The third-order valence-corrected chi connectivity index (χ3v) is 4.41. The lowest BCUT2D eigenvalue weighted by Crippen LogP contribution is -2.17. The van der Waals surface area contributed by atoms with Crippen molar-refractivity contribution in [2.45, 2.75) is 26.3 Å². The zero-order valence-corrected chi connectivity index (χ0v) is 11.7. The van der Waals surface area contributed by atoms with Crippen LogP contribution in [0.1, 0.15) is 24.0 Å². The molecule has 0 amide bonds. The highest BCUT2D eigenvalue weighted by atomic mass is 35.5. The first-order valence-corrected chi connectivity index (χ1v) is 6.90. The molecule has 2 aromatic rings. The number of halogens is 1. The van der Waals surface area contributed by atoms with E-state index in [4.69, 9.17) is 0 Å². The molecule has 1 nitrogen and oxygen atoms in total. The van der Waals surface area contributed by atoms with Crippen LogP contribution in [0.2, 0.25) is 0 Å². The van der Waals surface area contributed by atoms with E-state index in [1.165, 1.54) is 47.1 Å². The lowest BCUT2D eigenvalue weighted by atomic mass is 10.1. The standard InChI is InChI=1S/C14H17NS.ClH/c1-11-4-5-14-13(8-11)12(10-16-14)9-15-6-2-3-7-15;/h4-5,8,10H,2-3,6-7,9H2,1H3;1H. The number of hydrogen-bond donors (Lipinski definition) is 0. The first-order valence-electron chi connectivity index (χ1n) is 6.02. The van der Waals surface area contributed by atoms with Crippen molar-refractivity contribution in [1.29, 1.82) is 0 Å². The Morgan fingerprint density at radius 3 is 2.76 bits per heavy atom. The van der Waals surface area contributed by atoms with Crippen LogP contribution in [0.3, 0.4) is 0 Å². The van der Waals surface area contributed by atoms with Crippen LogP contribution in [-0.2, 0) is 6.54 Å². The highest BCUT2D eigenvalue weighted by Crippen LogP contribution is 2.28. The zero-order chi connectivity index (χ0) is 11.0. The third-order valence-electron chi connectivity index (χ3n) is 3.40. The molecule has 0 atom stereocenters. The topological polar surface area (TPSA) is 3.24 Å². The van der Waals surface area contributed by atoms with Gasteiger partial charge in [0.05, 0.1) is 0 Å². The molecule has 2 heterocycles. The van der Waals surface area contributed by atoms with Crippen molar-refractivity contribution in [1.82, 2.24) is 4.90 Å². The van der Waals surface area contributed by atoms with Crippen molar-refractivity contribution in [3.8, 4) is 0 Å². The summed E-state index contributed by atoms with van der Waals surface area (Å²) < 4.78 is 1.43. The minimum atomic E-state index is 0. The Labute approximate surface area is 113 Å². The van der Waals surface area contributed by atoms with Crippen LogP contribution in [0.25, 0.3) is 10.1 Å². The molecule has 0 saturated carbocycles. The van der Waals surface area contributed by atoms with Gasteiger partial charge in [-0.2, -0.15) is 0 Å². The van der Waals surface area contributed by atoms with E-state index in [0.29, 0.717) is 0 Å². The van der Waals surface area contributed by atoms with Crippen LogP contribution in [0, 0.1) is 6.92 Å². The molecule has 0 bridgehead atoms. The van der Waals surface area contributed by atoms with E-state index < -0.39 is 0 Å². The Kier molecular flexibility index (Phi) is 4.08. The first-order chi connectivity index (χ1) is 7.83. The fourth-order valence-corrected chi connectivity index (χ4v) is 3.43. The minimum absolute atomic E-state index is 0. The van der Waals surface area contributed by atoms with Crippen molar-refractivity contribution in [2.24, 2.45) is 0 Å². The van der Waals surface area contributed by atoms with Crippen LogP contribution in [-0.4, -0.2) is 18.0 Å². The van der Waals surface area contributed by atoms with Gasteiger partial charge in [-0.3, -0.25) is 4.90 Å². The Bertz CT molecular complexity index is 500. The lowest BCUT2D eigenvalue weighted by molar-refractivity contribution is 0.333. The van der Waals surface area contributed by atoms with E-state index in [2.05, 4.69) is 35.4 Å². The summed E-state index contributed by atoms with van der Waals surface area (Å²) in [5.41, 5.74) is 2.89. The van der Waals surface area contributed by atoms with Crippen LogP contribution < -0.4 is 0 Å². The first kappa shape index (κ1) is 12.9. The fourth-order valence-electron chi connectivity index (χ4n) is 2.50. The molecule has 3 rings (SSSR count). The number of fused-ring (bicyclic) bond motifs is 1. The van der Waals surface area contributed by atoms with E-state index in [1.807, 2.05) is 11.3 Å². The Hall–Kier alpha value is -0.570. The number of likely N-dealkylation sites (tertiary alicyclic amines) is 1. The van der Waals surface area contributed by atoms with Gasteiger partial charge in [-0.05, 0) is 55.3 Å².